The fraction of sp³-hybridized carbons (Fsp3) is 0.226. The minimum absolute atomic E-state index is 0.000441. The van der Waals surface area contributed by atoms with Crippen LogP contribution in [0.5, 0.6) is 5.88 Å². The number of aryl methyl sites for hydroxylation is 1. The number of fused-ring (bicyclic) bond motifs is 1. The molecule has 42 heavy (non-hydrogen) atoms. The number of pyridine rings is 2. The highest BCUT2D eigenvalue weighted by Gasteiger charge is 2.25. The summed E-state index contributed by atoms with van der Waals surface area (Å²) in [6.07, 6.45) is 2.12. The molecule has 3 aromatic heterocycles. The van der Waals surface area contributed by atoms with Gasteiger partial charge in [0.05, 0.1) is 29.4 Å². The van der Waals surface area contributed by atoms with Gasteiger partial charge in [-0.3, -0.25) is 4.98 Å². The predicted octanol–water partition coefficient (Wildman–Crippen LogP) is 5.88. The summed E-state index contributed by atoms with van der Waals surface area (Å²) in [7, 11) is 0. The summed E-state index contributed by atoms with van der Waals surface area (Å²) in [5.41, 5.74) is 1.82. The van der Waals surface area contributed by atoms with Crippen molar-refractivity contribution >= 4 is 17.0 Å². The van der Waals surface area contributed by atoms with E-state index in [1.807, 2.05) is 19.1 Å². The molecule has 0 spiro atoms. The first kappa shape index (κ1) is 27.4. The molecule has 0 aliphatic carbocycles. The third-order valence-electron chi connectivity index (χ3n) is 7.16. The normalized spacial score (nSPS) is 14.6. The molecule has 0 unspecified atom stereocenters. The molecule has 6 rings (SSSR count). The number of nitrogens with zero attached hydrogens (tertiary/aromatic N) is 4. The van der Waals surface area contributed by atoms with Crippen LogP contribution in [0, 0.1) is 24.4 Å². The molecule has 1 fully saturated rings. The third kappa shape index (κ3) is 5.55. The number of aromatic nitrogens is 4. The molecule has 1 saturated heterocycles. The maximum atomic E-state index is 15.4. The number of halogens is 3. The van der Waals surface area contributed by atoms with Crippen molar-refractivity contribution in [2.45, 2.75) is 39.0 Å². The molecule has 0 amide bonds. The van der Waals surface area contributed by atoms with Crippen LogP contribution in [0.3, 0.4) is 0 Å². The molecule has 1 atom stereocenters. The molecule has 0 saturated carbocycles. The van der Waals surface area contributed by atoms with Crippen LogP contribution in [0.2, 0.25) is 0 Å². The van der Waals surface area contributed by atoms with Crippen LogP contribution in [0.15, 0.2) is 60.8 Å². The molecule has 1 aliphatic rings. The van der Waals surface area contributed by atoms with Crippen LogP contribution in [0.1, 0.15) is 39.4 Å². The fourth-order valence-corrected chi connectivity index (χ4v) is 4.80. The Labute approximate surface area is 238 Å². The molecule has 5 aromatic rings. The summed E-state index contributed by atoms with van der Waals surface area (Å²) in [6.45, 7) is 2.94. The standard InChI is InChI=1S/C31H25F3N4O4/c1-17-5-6-18(14-35-17)16-42-29-4-2-3-26(36-29)22-13-23(32)19(9-24(22)33)12-28-37-30-25(34)10-20(31(39)40)11-27(30)38(28)15-21-7-8-41-21/h2-6,9-11,13-14,21H,7-8,12,15-16H2,1H3,(H,39,40)/t21-/m0/s1. The van der Waals surface area contributed by atoms with E-state index < -0.39 is 23.4 Å². The van der Waals surface area contributed by atoms with E-state index in [1.165, 1.54) is 6.07 Å². The van der Waals surface area contributed by atoms with Crippen molar-refractivity contribution in [3.63, 3.8) is 0 Å². The van der Waals surface area contributed by atoms with Gasteiger partial charge in [0.15, 0.2) is 5.82 Å². The summed E-state index contributed by atoms with van der Waals surface area (Å²) in [5.74, 6) is -3.01. The molecule has 1 aliphatic heterocycles. The van der Waals surface area contributed by atoms with Crippen LogP contribution in [-0.4, -0.2) is 43.3 Å². The van der Waals surface area contributed by atoms with Gasteiger partial charge in [0.2, 0.25) is 5.88 Å². The lowest BCUT2D eigenvalue weighted by Gasteiger charge is -2.27. The second-order valence-electron chi connectivity index (χ2n) is 10.1. The van der Waals surface area contributed by atoms with Gasteiger partial charge in [0.25, 0.3) is 0 Å². The SMILES string of the molecule is Cc1ccc(COc2cccc(-c3cc(F)c(Cc4nc5c(F)cc(C(=O)O)cc5n4C[C@@H]4CCO4)cc3F)n2)cn1. The molecule has 8 nitrogen and oxygen atoms in total. The van der Waals surface area contributed by atoms with Crippen LogP contribution in [0.4, 0.5) is 13.2 Å². The summed E-state index contributed by atoms with van der Waals surface area (Å²) >= 11 is 0. The van der Waals surface area contributed by atoms with Crippen molar-refractivity contribution in [3.8, 4) is 17.1 Å². The topological polar surface area (TPSA) is 99.4 Å². The van der Waals surface area contributed by atoms with Gasteiger partial charge in [0, 0.05) is 42.1 Å². The molecule has 0 radical (unpaired) electrons. The third-order valence-corrected chi connectivity index (χ3v) is 7.16. The van der Waals surface area contributed by atoms with Crippen molar-refractivity contribution in [1.82, 2.24) is 19.5 Å². The Hall–Kier alpha value is -4.77. The monoisotopic (exact) mass is 574 g/mol. The number of aromatic carboxylic acids is 1. The van der Waals surface area contributed by atoms with Crippen LogP contribution in [0.25, 0.3) is 22.3 Å². The van der Waals surface area contributed by atoms with E-state index in [9.17, 15) is 14.3 Å². The molecule has 0 bridgehead atoms. The molecular weight excluding hydrogens is 549 g/mol. The molecular formula is C31H25F3N4O4. The Morgan fingerprint density at radius 2 is 1.90 bits per heavy atom. The zero-order chi connectivity index (χ0) is 29.4. The smallest absolute Gasteiger partial charge is 0.335 e. The lowest BCUT2D eigenvalue weighted by molar-refractivity contribution is -0.0589. The van der Waals surface area contributed by atoms with Gasteiger partial charge in [-0.25, -0.2) is 27.9 Å². The van der Waals surface area contributed by atoms with Gasteiger partial charge >= 0.3 is 5.97 Å². The summed E-state index contributed by atoms with van der Waals surface area (Å²) in [5, 5.41) is 9.41. The number of carbonyl (C=O) groups is 1. The number of ether oxygens (including phenoxy) is 2. The molecule has 214 valence electrons. The Bertz CT molecular complexity index is 1800. The van der Waals surface area contributed by atoms with E-state index in [2.05, 4.69) is 15.0 Å². The highest BCUT2D eigenvalue weighted by atomic mass is 19.1. The molecule has 11 heteroatoms. The Balaban J connectivity index is 1.29. The number of rotatable bonds is 9. The minimum atomic E-state index is -1.29. The first-order chi connectivity index (χ1) is 20.2. The van der Waals surface area contributed by atoms with E-state index in [4.69, 9.17) is 9.47 Å². The van der Waals surface area contributed by atoms with Gasteiger partial charge in [-0.15, -0.1) is 0 Å². The van der Waals surface area contributed by atoms with Gasteiger partial charge in [-0.2, -0.15) is 0 Å². The van der Waals surface area contributed by atoms with Gasteiger partial charge < -0.3 is 19.1 Å². The lowest BCUT2D eigenvalue weighted by Crippen LogP contribution is -2.31. The Morgan fingerprint density at radius 1 is 1.07 bits per heavy atom. The van der Waals surface area contributed by atoms with Crippen molar-refractivity contribution in [3.05, 3.63) is 106 Å². The molecule has 2 aromatic carbocycles. The minimum Gasteiger partial charge on any atom is -0.478 e. The van der Waals surface area contributed by atoms with E-state index in [-0.39, 0.29) is 70.8 Å². The fourth-order valence-electron chi connectivity index (χ4n) is 4.80. The lowest BCUT2D eigenvalue weighted by atomic mass is 10.0. The van der Waals surface area contributed by atoms with E-state index in [1.54, 1.807) is 29.0 Å². The van der Waals surface area contributed by atoms with Crippen molar-refractivity contribution in [1.29, 1.82) is 0 Å². The van der Waals surface area contributed by atoms with E-state index in [0.29, 0.717) is 6.61 Å². The van der Waals surface area contributed by atoms with Crippen LogP contribution >= 0.6 is 0 Å². The summed E-state index contributed by atoms with van der Waals surface area (Å²) in [4.78, 5) is 24.5. The van der Waals surface area contributed by atoms with Crippen LogP contribution < -0.4 is 4.74 Å². The second kappa shape index (κ2) is 11.2. The van der Waals surface area contributed by atoms with E-state index >= 15 is 8.78 Å². The number of imidazole rings is 1. The average molecular weight is 575 g/mol. The van der Waals surface area contributed by atoms with Gasteiger partial charge in [-0.1, -0.05) is 12.1 Å². The summed E-state index contributed by atoms with van der Waals surface area (Å²) in [6, 6.07) is 12.9. The number of hydrogen-bond donors (Lipinski definition) is 1. The second-order valence-corrected chi connectivity index (χ2v) is 10.1. The first-order valence-electron chi connectivity index (χ1n) is 13.3. The largest absolute Gasteiger partial charge is 0.478 e. The number of benzene rings is 2. The quantitative estimate of drug-likeness (QED) is 0.235. The highest BCUT2D eigenvalue weighted by molar-refractivity contribution is 5.92. The van der Waals surface area contributed by atoms with Gasteiger partial charge in [-0.05, 0) is 55.3 Å². The van der Waals surface area contributed by atoms with Crippen molar-refractivity contribution in [2.24, 2.45) is 0 Å². The maximum absolute atomic E-state index is 15.4. The van der Waals surface area contributed by atoms with Gasteiger partial charge in [0.1, 0.15) is 29.6 Å². The zero-order valence-corrected chi connectivity index (χ0v) is 22.5. The number of carboxylic acids is 1. The molecule has 4 heterocycles. The Morgan fingerprint density at radius 3 is 2.62 bits per heavy atom. The zero-order valence-electron chi connectivity index (χ0n) is 22.5. The number of carboxylic acid groups (broad SMARTS) is 1. The Kier molecular flexibility index (Phi) is 7.34. The van der Waals surface area contributed by atoms with E-state index in [0.717, 1.165) is 35.9 Å². The highest BCUT2D eigenvalue weighted by Crippen LogP contribution is 2.29. The number of hydrogen-bond acceptors (Lipinski definition) is 6. The van der Waals surface area contributed by atoms with Crippen LogP contribution in [-0.2, 0) is 24.3 Å². The molecule has 1 N–H and O–H groups in total. The average Bonchev–Trinajstić information content (AvgIpc) is 3.29. The summed E-state index contributed by atoms with van der Waals surface area (Å²) < 4.78 is 58.5. The first-order valence-corrected chi connectivity index (χ1v) is 13.3. The predicted molar refractivity (Wildman–Crippen MR) is 147 cm³/mol. The van der Waals surface area contributed by atoms with Crippen molar-refractivity contribution < 1.29 is 32.5 Å². The maximum Gasteiger partial charge on any atom is 0.335 e. The van der Waals surface area contributed by atoms with Crippen molar-refractivity contribution in [2.75, 3.05) is 6.61 Å².